The molecule has 0 saturated heterocycles. The molecule has 0 saturated carbocycles. The van der Waals surface area contributed by atoms with Crippen molar-refractivity contribution in [3.8, 4) is 11.8 Å². The number of benzene rings is 1. The molecule has 112 valence electrons. The summed E-state index contributed by atoms with van der Waals surface area (Å²) in [4.78, 5) is 15.9. The lowest BCUT2D eigenvalue weighted by Gasteiger charge is -2.20. The van der Waals surface area contributed by atoms with Crippen molar-refractivity contribution in [3.63, 3.8) is 0 Å². The maximum Gasteiger partial charge on any atom is 0.412 e. The Morgan fingerprint density at radius 1 is 1.14 bits per heavy atom. The molecule has 1 aromatic heterocycles. The summed E-state index contributed by atoms with van der Waals surface area (Å²) in [6.45, 7) is 5.46. The monoisotopic (exact) mass is 294 g/mol. The van der Waals surface area contributed by atoms with Crippen molar-refractivity contribution in [2.75, 3.05) is 5.32 Å². The highest BCUT2D eigenvalue weighted by molar-refractivity contribution is 5.87. The van der Waals surface area contributed by atoms with Gasteiger partial charge in [-0.15, -0.1) is 0 Å². The zero-order valence-corrected chi connectivity index (χ0v) is 12.9. The first kappa shape index (κ1) is 15.6. The molecule has 1 heterocycles. The van der Waals surface area contributed by atoms with E-state index in [1.807, 2.05) is 51.1 Å². The summed E-state index contributed by atoms with van der Waals surface area (Å²) in [5, 5.41) is 2.72. The van der Waals surface area contributed by atoms with Gasteiger partial charge in [0.1, 0.15) is 5.60 Å². The number of hydrogen-bond acceptors (Lipinski definition) is 3. The third-order valence-electron chi connectivity index (χ3n) is 2.57. The second-order valence-electron chi connectivity index (χ2n) is 5.66. The fraction of sp³-hybridized carbons (Fsp3) is 0.222. The summed E-state index contributed by atoms with van der Waals surface area (Å²) < 4.78 is 5.25. The van der Waals surface area contributed by atoms with Gasteiger partial charge in [-0.3, -0.25) is 10.3 Å². The molecule has 22 heavy (non-hydrogen) atoms. The fourth-order valence-electron chi connectivity index (χ4n) is 1.69. The Morgan fingerprint density at radius 3 is 2.59 bits per heavy atom. The normalized spacial score (nSPS) is 10.3. The molecule has 0 unspecified atom stereocenters. The van der Waals surface area contributed by atoms with E-state index in [2.05, 4.69) is 22.1 Å². The number of carbonyl (C=O) groups is 1. The molecule has 1 aromatic carbocycles. The number of nitrogens with one attached hydrogen (secondary N) is 1. The van der Waals surface area contributed by atoms with Crippen molar-refractivity contribution < 1.29 is 9.53 Å². The van der Waals surface area contributed by atoms with Crippen LogP contribution in [0.25, 0.3) is 0 Å². The second kappa shape index (κ2) is 6.77. The van der Waals surface area contributed by atoms with Gasteiger partial charge in [0.15, 0.2) is 0 Å². The quantitative estimate of drug-likeness (QED) is 0.813. The molecule has 4 nitrogen and oxygen atoms in total. The Labute approximate surface area is 130 Å². The average molecular weight is 294 g/mol. The van der Waals surface area contributed by atoms with Gasteiger partial charge in [-0.25, -0.2) is 4.79 Å². The van der Waals surface area contributed by atoms with E-state index in [9.17, 15) is 4.79 Å². The van der Waals surface area contributed by atoms with E-state index >= 15 is 0 Å². The zero-order chi connectivity index (χ0) is 16.0. The van der Waals surface area contributed by atoms with Crippen LogP contribution in [0.5, 0.6) is 0 Å². The van der Waals surface area contributed by atoms with E-state index in [4.69, 9.17) is 4.74 Å². The first-order chi connectivity index (χ1) is 10.4. The van der Waals surface area contributed by atoms with Crippen LogP contribution in [0.2, 0.25) is 0 Å². The van der Waals surface area contributed by atoms with Crippen LogP contribution in [0.3, 0.4) is 0 Å². The van der Waals surface area contributed by atoms with Gasteiger partial charge in [0.05, 0.1) is 5.69 Å². The summed E-state index contributed by atoms with van der Waals surface area (Å²) in [7, 11) is 0. The van der Waals surface area contributed by atoms with E-state index in [1.54, 1.807) is 18.5 Å². The van der Waals surface area contributed by atoms with Crippen LogP contribution in [0.15, 0.2) is 48.8 Å². The Morgan fingerprint density at radius 2 is 1.91 bits per heavy atom. The number of hydrogen-bond donors (Lipinski definition) is 1. The Hall–Kier alpha value is -2.80. The Kier molecular flexibility index (Phi) is 4.80. The van der Waals surface area contributed by atoms with Crippen LogP contribution in [0.4, 0.5) is 10.5 Å². The zero-order valence-electron chi connectivity index (χ0n) is 12.9. The molecule has 0 radical (unpaired) electrons. The van der Waals surface area contributed by atoms with Gasteiger partial charge in [0.25, 0.3) is 0 Å². The molecular weight excluding hydrogens is 276 g/mol. The van der Waals surface area contributed by atoms with E-state index in [1.165, 1.54) is 0 Å². The van der Waals surface area contributed by atoms with Gasteiger partial charge in [-0.2, -0.15) is 0 Å². The van der Waals surface area contributed by atoms with Crippen molar-refractivity contribution in [3.05, 3.63) is 59.9 Å². The van der Waals surface area contributed by atoms with Gasteiger partial charge in [0.2, 0.25) is 0 Å². The van der Waals surface area contributed by atoms with Crippen molar-refractivity contribution in [1.82, 2.24) is 4.98 Å². The molecule has 0 fully saturated rings. The van der Waals surface area contributed by atoms with Gasteiger partial charge >= 0.3 is 6.09 Å². The molecule has 1 amide bonds. The molecule has 0 aliphatic carbocycles. The first-order valence-corrected chi connectivity index (χ1v) is 6.95. The number of nitrogens with zero attached hydrogens (tertiary/aromatic N) is 1. The van der Waals surface area contributed by atoms with E-state index in [0.717, 1.165) is 11.1 Å². The van der Waals surface area contributed by atoms with Crippen LogP contribution < -0.4 is 5.32 Å². The van der Waals surface area contributed by atoms with Gasteiger partial charge in [-0.05, 0) is 45.0 Å². The Bertz CT molecular complexity index is 707. The molecule has 1 N–H and O–H groups in total. The Balaban J connectivity index is 2.18. The molecule has 0 aliphatic rings. The number of rotatable bonds is 1. The first-order valence-electron chi connectivity index (χ1n) is 6.95. The van der Waals surface area contributed by atoms with E-state index in [-0.39, 0.29) is 0 Å². The molecule has 2 aromatic rings. The average Bonchev–Trinajstić information content (AvgIpc) is 2.45. The lowest BCUT2D eigenvalue weighted by molar-refractivity contribution is 0.0636. The minimum Gasteiger partial charge on any atom is -0.444 e. The largest absolute Gasteiger partial charge is 0.444 e. The van der Waals surface area contributed by atoms with Gasteiger partial charge in [-0.1, -0.05) is 24.0 Å². The number of aromatic nitrogens is 1. The molecule has 0 bridgehead atoms. The summed E-state index contributed by atoms with van der Waals surface area (Å²) >= 11 is 0. The lowest BCUT2D eigenvalue weighted by Crippen LogP contribution is -2.27. The molecular formula is C18H18N2O2. The fourth-order valence-corrected chi connectivity index (χ4v) is 1.69. The highest BCUT2D eigenvalue weighted by atomic mass is 16.6. The topological polar surface area (TPSA) is 51.2 Å². The summed E-state index contributed by atoms with van der Waals surface area (Å²) in [6.07, 6.45) is 2.89. The molecule has 0 spiro atoms. The highest BCUT2D eigenvalue weighted by Crippen LogP contribution is 2.16. The predicted molar refractivity (Wildman–Crippen MR) is 86.5 cm³/mol. The van der Waals surface area contributed by atoms with Crippen LogP contribution in [0, 0.1) is 11.8 Å². The van der Waals surface area contributed by atoms with Crippen molar-refractivity contribution in [1.29, 1.82) is 0 Å². The summed E-state index contributed by atoms with van der Waals surface area (Å²) in [6, 6.07) is 11.0. The van der Waals surface area contributed by atoms with Crippen molar-refractivity contribution in [2.24, 2.45) is 0 Å². The standard InChI is InChI=1S/C18H18N2O2/c1-18(2,3)22-17(21)20-16-9-5-4-8-15(16)11-10-14-7-6-12-19-13-14/h4-9,12-13H,1-3H3,(H,20,21). The number of pyridine rings is 1. The highest BCUT2D eigenvalue weighted by Gasteiger charge is 2.16. The number of ether oxygens (including phenoxy) is 1. The van der Waals surface area contributed by atoms with Crippen molar-refractivity contribution in [2.45, 2.75) is 26.4 Å². The van der Waals surface area contributed by atoms with E-state index < -0.39 is 11.7 Å². The summed E-state index contributed by atoms with van der Waals surface area (Å²) in [5.74, 6) is 6.06. The number of amides is 1. The van der Waals surface area contributed by atoms with Crippen LogP contribution >= 0.6 is 0 Å². The third-order valence-corrected chi connectivity index (χ3v) is 2.57. The smallest absolute Gasteiger partial charge is 0.412 e. The molecule has 0 aliphatic heterocycles. The lowest BCUT2D eigenvalue weighted by atomic mass is 10.1. The molecule has 2 rings (SSSR count). The van der Waals surface area contributed by atoms with Gasteiger partial charge < -0.3 is 4.74 Å². The number of carbonyl (C=O) groups excluding carboxylic acids is 1. The van der Waals surface area contributed by atoms with Crippen LogP contribution in [-0.2, 0) is 4.74 Å². The maximum atomic E-state index is 11.9. The summed E-state index contributed by atoms with van der Waals surface area (Å²) in [5.41, 5.74) is 1.61. The van der Waals surface area contributed by atoms with Crippen LogP contribution in [0.1, 0.15) is 31.9 Å². The number of para-hydroxylation sites is 1. The maximum absolute atomic E-state index is 11.9. The third kappa shape index (κ3) is 4.95. The molecule has 0 atom stereocenters. The van der Waals surface area contributed by atoms with Gasteiger partial charge in [0, 0.05) is 23.5 Å². The predicted octanol–water partition coefficient (Wildman–Crippen LogP) is 3.83. The minimum absolute atomic E-state index is 0.497. The van der Waals surface area contributed by atoms with E-state index in [0.29, 0.717) is 5.69 Å². The minimum atomic E-state index is -0.541. The van der Waals surface area contributed by atoms with Crippen molar-refractivity contribution >= 4 is 11.8 Å². The SMILES string of the molecule is CC(C)(C)OC(=O)Nc1ccccc1C#Cc1cccnc1. The molecule has 4 heteroatoms. The van der Waals surface area contributed by atoms with Crippen LogP contribution in [-0.4, -0.2) is 16.7 Å². The number of anilines is 1. The second-order valence-corrected chi connectivity index (χ2v) is 5.66.